The van der Waals surface area contributed by atoms with Crippen LogP contribution in [0.1, 0.15) is 21.5 Å². The third-order valence-corrected chi connectivity index (χ3v) is 5.81. The standard InChI is InChI=1S/C16H16Br2OS/c1-10-8-15(19-2)13(9-14(10)17)16(18)11-4-6-12(20-3)7-5-11/h4-9,16H,1-3H3. The summed E-state index contributed by atoms with van der Waals surface area (Å²) in [6.45, 7) is 2.06. The van der Waals surface area contributed by atoms with Gasteiger partial charge in [-0.15, -0.1) is 11.8 Å². The van der Waals surface area contributed by atoms with E-state index in [1.807, 2.05) is 0 Å². The zero-order chi connectivity index (χ0) is 14.7. The van der Waals surface area contributed by atoms with Crippen LogP contribution in [0.3, 0.4) is 0 Å². The zero-order valence-electron chi connectivity index (χ0n) is 11.6. The molecular formula is C16H16Br2OS. The van der Waals surface area contributed by atoms with Crippen LogP contribution in [0.2, 0.25) is 0 Å². The van der Waals surface area contributed by atoms with Crippen LogP contribution in [-0.4, -0.2) is 13.4 Å². The minimum absolute atomic E-state index is 0.116. The van der Waals surface area contributed by atoms with Gasteiger partial charge in [-0.25, -0.2) is 0 Å². The van der Waals surface area contributed by atoms with E-state index in [0.717, 1.165) is 15.8 Å². The maximum absolute atomic E-state index is 5.51. The monoisotopic (exact) mass is 414 g/mol. The molecule has 0 spiro atoms. The highest BCUT2D eigenvalue weighted by atomic mass is 79.9. The molecule has 0 aliphatic heterocycles. The van der Waals surface area contributed by atoms with E-state index in [1.54, 1.807) is 18.9 Å². The van der Waals surface area contributed by atoms with Gasteiger partial charge in [0.2, 0.25) is 0 Å². The van der Waals surface area contributed by atoms with E-state index < -0.39 is 0 Å². The highest BCUT2D eigenvalue weighted by Gasteiger charge is 2.17. The Bertz CT molecular complexity index is 596. The number of benzene rings is 2. The van der Waals surface area contributed by atoms with Gasteiger partial charge in [0.1, 0.15) is 5.75 Å². The van der Waals surface area contributed by atoms with Crippen molar-refractivity contribution >= 4 is 43.6 Å². The summed E-state index contributed by atoms with van der Waals surface area (Å²) in [5, 5.41) is 0. The Morgan fingerprint density at radius 3 is 2.35 bits per heavy atom. The molecule has 1 unspecified atom stereocenters. The molecule has 0 saturated carbocycles. The second-order valence-electron chi connectivity index (χ2n) is 4.48. The van der Waals surface area contributed by atoms with Gasteiger partial charge in [-0.2, -0.15) is 0 Å². The summed E-state index contributed by atoms with van der Waals surface area (Å²) in [6.07, 6.45) is 2.08. The molecule has 0 amide bonds. The summed E-state index contributed by atoms with van der Waals surface area (Å²) >= 11 is 9.13. The van der Waals surface area contributed by atoms with Crippen LogP contribution in [0.15, 0.2) is 45.8 Å². The van der Waals surface area contributed by atoms with Gasteiger partial charge in [-0.05, 0) is 48.6 Å². The first-order valence-corrected chi connectivity index (χ1v) is 9.12. The van der Waals surface area contributed by atoms with Crippen molar-refractivity contribution < 1.29 is 4.74 Å². The van der Waals surface area contributed by atoms with Crippen molar-refractivity contribution in [3.63, 3.8) is 0 Å². The summed E-state index contributed by atoms with van der Waals surface area (Å²) in [5.41, 5.74) is 3.52. The Balaban J connectivity index is 2.41. The number of thioether (sulfide) groups is 1. The molecular weight excluding hydrogens is 400 g/mol. The van der Waals surface area contributed by atoms with Crippen molar-refractivity contribution in [2.24, 2.45) is 0 Å². The predicted octanol–water partition coefficient (Wildman–Crippen LogP) is 5.97. The Kier molecular flexibility index (Phi) is 5.58. The van der Waals surface area contributed by atoms with Crippen LogP contribution < -0.4 is 4.74 Å². The third kappa shape index (κ3) is 3.41. The molecule has 0 radical (unpaired) electrons. The quantitative estimate of drug-likeness (QED) is 0.449. The molecule has 0 bridgehead atoms. The van der Waals surface area contributed by atoms with Gasteiger partial charge in [0, 0.05) is 14.9 Å². The fourth-order valence-corrected chi connectivity index (χ4v) is 3.43. The van der Waals surface area contributed by atoms with Crippen molar-refractivity contribution in [3.8, 4) is 5.75 Å². The van der Waals surface area contributed by atoms with E-state index in [0.29, 0.717) is 0 Å². The van der Waals surface area contributed by atoms with Gasteiger partial charge in [0.25, 0.3) is 0 Å². The molecule has 1 atom stereocenters. The first kappa shape index (κ1) is 15.9. The Morgan fingerprint density at radius 2 is 1.80 bits per heavy atom. The SMILES string of the molecule is COc1cc(C)c(Br)cc1C(Br)c1ccc(SC)cc1. The van der Waals surface area contributed by atoms with Crippen molar-refractivity contribution in [3.05, 3.63) is 57.6 Å². The molecule has 20 heavy (non-hydrogen) atoms. The smallest absolute Gasteiger partial charge is 0.123 e. The lowest BCUT2D eigenvalue weighted by atomic mass is 10.0. The topological polar surface area (TPSA) is 9.23 Å². The van der Waals surface area contributed by atoms with Crippen LogP contribution in [0.4, 0.5) is 0 Å². The Morgan fingerprint density at radius 1 is 1.15 bits per heavy atom. The largest absolute Gasteiger partial charge is 0.496 e. The number of hydrogen-bond acceptors (Lipinski definition) is 2. The van der Waals surface area contributed by atoms with E-state index in [1.165, 1.54) is 16.0 Å². The molecule has 1 nitrogen and oxygen atoms in total. The van der Waals surface area contributed by atoms with Crippen LogP contribution in [0, 0.1) is 6.92 Å². The molecule has 0 N–H and O–H groups in total. The first-order valence-electron chi connectivity index (χ1n) is 6.19. The summed E-state index contributed by atoms with van der Waals surface area (Å²) in [5.74, 6) is 0.904. The van der Waals surface area contributed by atoms with Crippen molar-refractivity contribution in [1.29, 1.82) is 0 Å². The van der Waals surface area contributed by atoms with E-state index in [9.17, 15) is 0 Å². The fraction of sp³-hybridized carbons (Fsp3) is 0.250. The minimum atomic E-state index is 0.116. The predicted molar refractivity (Wildman–Crippen MR) is 94.4 cm³/mol. The van der Waals surface area contributed by atoms with Crippen LogP contribution in [-0.2, 0) is 0 Å². The lowest BCUT2D eigenvalue weighted by molar-refractivity contribution is 0.410. The molecule has 0 aromatic heterocycles. The summed E-state index contributed by atoms with van der Waals surface area (Å²) in [6, 6.07) is 12.8. The number of hydrogen-bond donors (Lipinski definition) is 0. The molecule has 106 valence electrons. The number of ether oxygens (including phenoxy) is 1. The molecule has 0 heterocycles. The number of alkyl halides is 1. The zero-order valence-corrected chi connectivity index (χ0v) is 15.6. The Labute approximate surface area is 141 Å². The van der Waals surface area contributed by atoms with Gasteiger partial charge in [-0.3, -0.25) is 0 Å². The third-order valence-electron chi connectivity index (χ3n) is 3.19. The highest BCUT2D eigenvalue weighted by Crippen LogP contribution is 2.39. The Hall–Kier alpha value is -0.450. The molecule has 2 aromatic carbocycles. The number of rotatable bonds is 4. The molecule has 0 aliphatic carbocycles. The maximum atomic E-state index is 5.51. The molecule has 2 rings (SSSR count). The van der Waals surface area contributed by atoms with E-state index >= 15 is 0 Å². The average molecular weight is 416 g/mol. The second-order valence-corrected chi connectivity index (χ2v) is 7.13. The normalized spacial score (nSPS) is 12.2. The molecule has 4 heteroatoms. The maximum Gasteiger partial charge on any atom is 0.123 e. The van der Waals surface area contributed by atoms with E-state index in [2.05, 4.69) is 81.4 Å². The fourth-order valence-electron chi connectivity index (χ4n) is 2.00. The van der Waals surface area contributed by atoms with Gasteiger partial charge >= 0.3 is 0 Å². The van der Waals surface area contributed by atoms with Crippen LogP contribution in [0.25, 0.3) is 0 Å². The number of halogens is 2. The molecule has 0 aliphatic rings. The summed E-state index contributed by atoms with van der Waals surface area (Å²) < 4.78 is 6.61. The van der Waals surface area contributed by atoms with Crippen molar-refractivity contribution in [2.45, 2.75) is 16.6 Å². The van der Waals surface area contributed by atoms with Crippen LogP contribution in [0.5, 0.6) is 5.75 Å². The molecule has 2 aromatic rings. The second kappa shape index (κ2) is 7.01. The van der Waals surface area contributed by atoms with E-state index in [-0.39, 0.29) is 4.83 Å². The van der Waals surface area contributed by atoms with Gasteiger partial charge in [-0.1, -0.05) is 44.0 Å². The average Bonchev–Trinajstić information content (AvgIpc) is 2.49. The molecule has 0 fully saturated rings. The lowest BCUT2D eigenvalue weighted by Gasteiger charge is -2.16. The molecule has 0 saturated heterocycles. The minimum Gasteiger partial charge on any atom is -0.496 e. The van der Waals surface area contributed by atoms with Gasteiger partial charge in [0.05, 0.1) is 11.9 Å². The van der Waals surface area contributed by atoms with Crippen molar-refractivity contribution in [1.82, 2.24) is 0 Å². The lowest BCUT2D eigenvalue weighted by Crippen LogP contribution is -1.98. The van der Waals surface area contributed by atoms with E-state index in [4.69, 9.17) is 4.74 Å². The summed E-state index contributed by atoms with van der Waals surface area (Å²) in [7, 11) is 1.71. The highest BCUT2D eigenvalue weighted by molar-refractivity contribution is 9.10. The van der Waals surface area contributed by atoms with Gasteiger partial charge in [0.15, 0.2) is 0 Å². The number of methoxy groups -OCH3 is 1. The van der Waals surface area contributed by atoms with Crippen molar-refractivity contribution in [2.75, 3.05) is 13.4 Å². The summed E-state index contributed by atoms with van der Waals surface area (Å²) in [4.78, 5) is 1.38. The first-order chi connectivity index (χ1) is 9.56. The van der Waals surface area contributed by atoms with Gasteiger partial charge < -0.3 is 4.74 Å². The van der Waals surface area contributed by atoms with Crippen LogP contribution >= 0.6 is 43.6 Å². The number of aryl methyl sites for hydroxylation is 1.